The van der Waals surface area contributed by atoms with Crippen molar-refractivity contribution in [2.75, 3.05) is 26.2 Å². The van der Waals surface area contributed by atoms with Crippen LogP contribution in [0.3, 0.4) is 0 Å². The zero-order valence-electron chi connectivity index (χ0n) is 10.8. The number of rotatable bonds is 6. The number of hydrogen-bond donors (Lipinski definition) is 1. The van der Waals surface area contributed by atoms with E-state index in [-0.39, 0.29) is 0 Å². The Kier molecular flexibility index (Phi) is 6.26. The molecule has 1 unspecified atom stereocenters. The fraction of sp³-hybridized carbons (Fsp3) is 1.00. The maximum absolute atomic E-state index is 3.64. The summed E-state index contributed by atoms with van der Waals surface area (Å²) in [6.07, 6.45) is 5.44. The van der Waals surface area contributed by atoms with Gasteiger partial charge < -0.3 is 10.2 Å². The lowest BCUT2D eigenvalue weighted by Gasteiger charge is -2.31. The summed E-state index contributed by atoms with van der Waals surface area (Å²) in [4.78, 5) is 2.63. The van der Waals surface area contributed by atoms with Crippen LogP contribution in [0.5, 0.6) is 0 Å². The average Bonchev–Trinajstić information content (AvgIpc) is 2.18. The monoisotopic (exact) mass is 212 g/mol. The van der Waals surface area contributed by atoms with Gasteiger partial charge in [-0.1, -0.05) is 27.2 Å². The largest absolute Gasteiger partial charge is 0.313 e. The normalized spacial score (nSPS) is 22.6. The van der Waals surface area contributed by atoms with E-state index in [0.717, 1.165) is 12.0 Å². The van der Waals surface area contributed by atoms with Crippen molar-refractivity contribution < 1.29 is 0 Å². The standard InChI is InChI=1S/C13H28N2/c1-4-9-15(10-12(2)3)11-13-7-5-6-8-14-13/h12-14H,4-11H2,1-3H3. The summed E-state index contributed by atoms with van der Waals surface area (Å²) < 4.78 is 0. The van der Waals surface area contributed by atoms with Crippen molar-refractivity contribution in [3.05, 3.63) is 0 Å². The van der Waals surface area contributed by atoms with Crippen molar-refractivity contribution in [1.29, 1.82) is 0 Å². The van der Waals surface area contributed by atoms with Crippen LogP contribution in [0.15, 0.2) is 0 Å². The van der Waals surface area contributed by atoms with Gasteiger partial charge in [-0.25, -0.2) is 0 Å². The molecule has 0 amide bonds. The Hall–Kier alpha value is -0.0800. The van der Waals surface area contributed by atoms with Gasteiger partial charge >= 0.3 is 0 Å². The molecule has 90 valence electrons. The lowest BCUT2D eigenvalue weighted by molar-refractivity contribution is 0.204. The molecule has 2 heteroatoms. The zero-order valence-corrected chi connectivity index (χ0v) is 10.8. The van der Waals surface area contributed by atoms with Gasteiger partial charge in [0.25, 0.3) is 0 Å². The summed E-state index contributed by atoms with van der Waals surface area (Å²) >= 11 is 0. The molecule has 1 saturated heterocycles. The van der Waals surface area contributed by atoms with E-state index in [1.807, 2.05) is 0 Å². The van der Waals surface area contributed by atoms with Crippen LogP contribution in [0.1, 0.15) is 46.5 Å². The molecule has 0 aromatic heterocycles. The Morgan fingerprint density at radius 1 is 1.33 bits per heavy atom. The lowest BCUT2D eigenvalue weighted by atomic mass is 10.0. The van der Waals surface area contributed by atoms with Crippen LogP contribution in [0.2, 0.25) is 0 Å². The van der Waals surface area contributed by atoms with Crippen molar-refractivity contribution in [3.63, 3.8) is 0 Å². The molecule has 0 aliphatic carbocycles. The maximum Gasteiger partial charge on any atom is 0.0195 e. The van der Waals surface area contributed by atoms with E-state index in [9.17, 15) is 0 Å². The number of nitrogens with zero attached hydrogens (tertiary/aromatic N) is 1. The van der Waals surface area contributed by atoms with E-state index in [4.69, 9.17) is 0 Å². The Bertz CT molecular complexity index is 151. The second-order valence-corrected chi connectivity index (χ2v) is 5.30. The van der Waals surface area contributed by atoms with Gasteiger partial charge in [-0.2, -0.15) is 0 Å². The molecule has 0 bridgehead atoms. The van der Waals surface area contributed by atoms with E-state index in [0.29, 0.717) is 0 Å². The highest BCUT2D eigenvalue weighted by Gasteiger charge is 2.16. The molecule has 0 aromatic rings. The molecule has 1 fully saturated rings. The van der Waals surface area contributed by atoms with Crippen LogP contribution in [0, 0.1) is 5.92 Å². The van der Waals surface area contributed by atoms with Crippen LogP contribution in [0.25, 0.3) is 0 Å². The van der Waals surface area contributed by atoms with Crippen molar-refractivity contribution in [1.82, 2.24) is 10.2 Å². The zero-order chi connectivity index (χ0) is 11.1. The van der Waals surface area contributed by atoms with Gasteiger partial charge in [0.15, 0.2) is 0 Å². The second kappa shape index (κ2) is 7.24. The van der Waals surface area contributed by atoms with Crippen LogP contribution in [0.4, 0.5) is 0 Å². The summed E-state index contributed by atoms with van der Waals surface area (Å²) in [6.45, 7) is 11.9. The Balaban J connectivity index is 2.28. The second-order valence-electron chi connectivity index (χ2n) is 5.30. The molecule has 1 heterocycles. The van der Waals surface area contributed by atoms with Gasteiger partial charge in [-0.15, -0.1) is 0 Å². The molecule has 0 saturated carbocycles. The predicted molar refractivity (Wildman–Crippen MR) is 67.2 cm³/mol. The summed E-state index contributed by atoms with van der Waals surface area (Å²) in [5.74, 6) is 0.792. The Labute approximate surface area is 95.4 Å². The van der Waals surface area contributed by atoms with Crippen molar-refractivity contribution >= 4 is 0 Å². The quantitative estimate of drug-likeness (QED) is 0.728. The topological polar surface area (TPSA) is 15.3 Å². The molecule has 2 nitrogen and oxygen atoms in total. The van der Waals surface area contributed by atoms with E-state index in [1.54, 1.807) is 0 Å². The highest BCUT2D eigenvalue weighted by molar-refractivity contribution is 4.76. The van der Waals surface area contributed by atoms with Gasteiger partial charge in [0.05, 0.1) is 0 Å². The van der Waals surface area contributed by atoms with E-state index < -0.39 is 0 Å². The summed E-state index contributed by atoms with van der Waals surface area (Å²) in [7, 11) is 0. The van der Waals surface area contributed by atoms with Gasteiger partial charge in [0, 0.05) is 19.1 Å². The van der Waals surface area contributed by atoms with E-state index in [2.05, 4.69) is 31.0 Å². The fourth-order valence-electron chi connectivity index (χ4n) is 2.48. The lowest BCUT2D eigenvalue weighted by Crippen LogP contribution is -2.44. The smallest absolute Gasteiger partial charge is 0.0195 e. The summed E-state index contributed by atoms with van der Waals surface area (Å²) in [6, 6.07) is 0.754. The first-order valence-corrected chi connectivity index (χ1v) is 6.68. The van der Waals surface area contributed by atoms with E-state index in [1.165, 1.54) is 51.9 Å². The fourth-order valence-corrected chi connectivity index (χ4v) is 2.48. The predicted octanol–water partition coefficient (Wildman–Crippen LogP) is 2.50. The Morgan fingerprint density at radius 3 is 2.67 bits per heavy atom. The molecular weight excluding hydrogens is 184 g/mol. The highest BCUT2D eigenvalue weighted by atomic mass is 15.1. The minimum absolute atomic E-state index is 0.754. The first-order chi connectivity index (χ1) is 7.22. The SMILES string of the molecule is CCCN(CC(C)C)CC1CCCCN1. The highest BCUT2D eigenvalue weighted by Crippen LogP contribution is 2.10. The molecule has 1 aliphatic rings. The number of hydrogen-bond acceptors (Lipinski definition) is 2. The molecule has 1 N–H and O–H groups in total. The van der Waals surface area contributed by atoms with Gasteiger partial charge in [-0.05, 0) is 38.3 Å². The third-order valence-electron chi connectivity index (χ3n) is 3.05. The van der Waals surface area contributed by atoms with Crippen molar-refractivity contribution in [2.24, 2.45) is 5.92 Å². The minimum Gasteiger partial charge on any atom is -0.313 e. The maximum atomic E-state index is 3.64. The van der Waals surface area contributed by atoms with Crippen LogP contribution >= 0.6 is 0 Å². The van der Waals surface area contributed by atoms with Gasteiger partial charge in [0.1, 0.15) is 0 Å². The number of piperidine rings is 1. The van der Waals surface area contributed by atoms with Crippen molar-refractivity contribution in [2.45, 2.75) is 52.5 Å². The molecule has 0 aromatic carbocycles. The third-order valence-corrected chi connectivity index (χ3v) is 3.05. The minimum atomic E-state index is 0.754. The first kappa shape index (κ1) is 13.0. The molecule has 0 radical (unpaired) electrons. The average molecular weight is 212 g/mol. The molecule has 0 spiro atoms. The summed E-state index contributed by atoms with van der Waals surface area (Å²) in [5, 5.41) is 3.64. The molecular formula is C13H28N2. The molecule has 15 heavy (non-hydrogen) atoms. The third kappa shape index (κ3) is 5.53. The van der Waals surface area contributed by atoms with Crippen LogP contribution in [-0.2, 0) is 0 Å². The molecule has 1 rings (SSSR count). The van der Waals surface area contributed by atoms with Crippen LogP contribution < -0.4 is 5.32 Å². The van der Waals surface area contributed by atoms with E-state index >= 15 is 0 Å². The first-order valence-electron chi connectivity index (χ1n) is 6.68. The summed E-state index contributed by atoms with van der Waals surface area (Å²) in [5.41, 5.74) is 0. The van der Waals surface area contributed by atoms with Crippen molar-refractivity contribution in [3.8, 4) is 0 Å². The molecule has 1 atom stereocenters. The molecule has 1 aliphatic heterocycles. The Morgan fingerprint density at radius 2 is 2.13 bits per heavy atom. The van der Waals surface area contributed by atoms with Gasteiger partial charge in [0.2, 0.25) is 0 Å². The van der Waals surface area contributed by atoms with Gasteiger partial charge in [-0.3, -0.25) is 0 Å². The van der Waals surface area contributed by atoms with Crippen LogP contribution in [-0.4, -0.2) is 37.1 Å². The number of nitrogens with one attached hydrogen (secondary N) is 1.